The Morgan fingerprint density at radius 3 is 2.58 bits per heavy atom. The SMILES string of the molecule is COc1ccccc1NS(=O)(=O)c1ccc(NN=C(C)CCc2ccc3oc(C(=O)O)c(C)c3c2)c([N+](=O)[O-])c1. The standard InChI is InChI=1S/C27H26N4O8S/c1-16(8-9-18-10-13-24-20(14-18)17(2)26(39-24)27(32)33)28-29-21-12-11-19(15-23(21)31(34)35)40(36,37)30-22-6-4-5-7-25(22)38-3/h4-7,10-15,29-30H,8-9H2,1-3H3,(H,32,33). The van der Waals surface area contributed by atoms with E-state index in [1.807, 2.05) is 12.1 Å². The predicted molar refractivity (Wildman–Crippen MR) is 150 cm³/mol. The molecule has 12 nitrogen and oxygen atoms in total. The Hall–Kier alpha value is -4.91. The molecule has 4 rings (SSSR count). The van der Waals surface area contributed by atoms with Crippen LogP contribution in [0.1, 0.15) is 35.0 Å². The Morgan fingerprint density at radius 1 is 1.12 bits per heavy atom. The minimum Gasteiger partial charge on any atom is -0.495 e. The van der Waals surface area contributed by atoms with Crippen LogP contribution in [-0.4, -0.2) is 37.2 Å². The van der Waals surface area contributed by atoms with Gasteiger partial charge < -0.3 is 14.3 Å². The summed E-state index contributed by atoms with van der Waals surface area (Å²) in [5, 5.41) is 25.9. The second kappa shape index (κ2) is 11.5. The van der Waals surface area contributed by atoms with Crippen molar-refractivity contribution in [3.63, 3.8) is 0 Å². The van der Waals surface area contributed by atoms with Crippen LogP contribution in [0.15, 0.2) is 75.1 Å². The number of nitrogens with one attached hydrogen (secondary N) is 2. The van der Waals surface area contributed by atoms with E-state index in [1.54, 1.807) is 38.1 Å². The van der Waals surface area contributed by atoms with Crippen molar-refractivity contribution >= 4 is 49.7 Å². The number of carboxylic acid groups (broad SMARTS) is 1. The van der Waals surface area contributed by atoms with Crippen molar-refractivity contribution in [1.82, 2.24) is 0 Å². The molecule has 0 radical (unpaired) electrons. The zero-order valence-corrected chi connectivity index (χ0v) is 22.6. The van der Waals surface area contributed by atoms with Gasteiger partial charge in [0.2, 0.25) is 5.76 Å². The molecule has 0 spiro atoms. The Morgan fingerprint density at radius 2 is 1.88 bits per heavy atom. The summed E-state index contributed by atoms with van der Waals surface area (Å²) in [4.78, 5) is 22.1. The van der Waals surface area contributed by atoms with E-state index in [2.05, 4.69) is 15.2 Å². The molecule has 3 aromatic carbocycles. The number of para-hydroxylation sites is 2. The molecule has 40 heavy (non-hydrogen) atoms. The summed E-state index contributed by atoms with van der Waals surface area (Å²) in [6.07, 6.45) is 1.08. The topological polar surface area (TPSA) is 173 Å². The first-order chi connectivity index (χ1) is 19.0. The number of nitro groups is 1. The number of hydrazone groups is 1. The molecule has 0 unspecified atom stereocenters. The van der Waals surface area contributed by atoms with E-state index in [-0.39, 0.29) is 22.0 Å². The zero-order valence-electron chi connectivity index (χ0n) is 21.8. The summed E-state index contributed by atoms with van der Waals surface area (Å²) in [5.74, 6) is -0.921. The van der Waals surface area contributed by atoms with Crippen molar-refractivity contribution < 1.29 is 32.4 Å². The Bertz CT molecular complexity index is 1740. The third kappa shape index (κ3) is 6.04. The average Bonchev–Trinajstić information content (AvgIpc) is 3.26. The van der Waals surface area contributed by atoms with Gasteiger partial charge in [-0.15, -0.1) is 0 Å². The Labute approximate surface area is 229 Å². The molecule has 1 heterocycles. The van der Waals surface area contributed by atoms with Crippen LogP contribution in [0.3, 0.4) is 0 Å². The minimum atomic E-state index is -4.15. The van der Waals surface area contributed by atoms with Gasteiger partial charge in [0.05, 0.1) is 22.6 Å². The number of ether oxygens (including phenoxy) is 1. The first kappa shape index (κ1) is 28.1. The number of aromatic carboxylic acids is 1. The van der Waals surface area contributed by atoms with E-state index in [0.717, 1.165) is 11.6 Å². The number of sulfonamides is 1. The molecule has 0 saturated heterocycles. The molecule has 0 fully saturated rings. The number of hydrogen-bond acceptors (Lipinski definition) is 9. The number of furan rings is 1. The van der Waals surface area contributed by atoms with Crippen molar-refractivity contribution in [2.24, 2.45) is 5.10 Å². The summed E-state index contributed by atoms with van der Waals surface area (Å²) in [6, 6.07) is 15.3. The Balaban J connectivity index is 1.48. The van der Waals surface area contributed by atoms with Crippen molar-refractivity contribution in [3.8, 4) is 5.75 Å². The predicted octanol–water partition coefficient (Wildman–Crippen LogP) is 5.58. The molecule has 13 heteroatoms. The minimum absolute atomic E-state index is 0.0252. The third-order valence-corrected chi connectivity index (χ3v) is 7.53. The second-order valence-corrected chi connectivity index (χ2v) is 10.6. The van der Waals surface area contributed by atoms with Crippen molar-refractivity contribution in [1.29, 1.82) is 0 Å². The number of hydrogen-bond donors (Lipinski definition) is 3. The highest BCUT2D eigenvalue weighted by Crippen LogP contribution is 2.31. The quantitative estimate of drug-likeness (QED) is 0.119. The lowest BCUT2D eigenvalue weighted by Gasteiger charge is -2.12. The number of benzene rings is 3. The lowest BCUT2D eigenvalue weighted by atomic mass is 10.0. The van der Waals surface area contributed by atoms with Crippen LogP contribution in [0.25, 0.3) is 11.0 Å². The number of methoxy groups -OCH3 is 1. The number of anilines is 2. The largest absolute Gasteiger partial charge is 0.495 e. The molecule has 3 N–H and O–H groups in total. The number of rotatable bonds is 11. The number of nitrogens with zero attached hydrogens (tertiary/aromatic N) is 2. The summed E-state index contributed by atoms with van der Waals surface area (Å²) in [6.45, 7) is 3.44. The fourth-order valence-electron chi connectivity index (χ4n) is 4.02. The molecule has 208 valence electrons. The Kier molecular flexibility index (Phi) is 8.05. The van der Waals surface area contributed by atoms with Gasteiger partial charge in [-0.1, -0.05) is 18.2 Å². The maximum atomic E-state index is 12.9. The summed E-state index contributed by atoms with van der Waals surface area (Å²) in [5.41, 5.74) is 5.03. The maximum absolute atomic E-state index is 12.9. The van der Waals surface area contributed by atoms with E-state index in [0.29, 0.717) is 40.8 Å². The van der Waals surface area contributed by atoms with Crippen LogP contribution in [-0.2, 0) is 16.4 Å². The van der Waals surface area contributed by atoms with Gasteiger partial charge in [0.25, 0.3) is 15.7 Å². The van der Waals surface area contributed by atoms with Crippen LogP contribution in [0.5, 0.6) is 5.75 Å². The number of fused-ring (bicyclic) bond motifs is 1. The van der Waals surface area contributed by atoms with E-state index >= 15 is 0 Å². The molecule has 0 aliphatic heterocycles. The zero-order chi connectivity index (χ0) is 29.0. The smallest absolute Gasteiger partial charge is 0.372 e. The number of carbonyl (C=O) groups is 1. The molecule has 0 saturated carbocycles. The van der Waals surface area contributed by atoms with Gasteiger partial charge in [-0.25, -0.2) is 13.2 Å². The molecular formula is C27H26N4O8S. The van der Waals surface area contributed by atoms with Gasteiger partial charge in [-0.05, 0) is 68.7 Å². The van der Waals surface area contributed by atoms with Crippen molar-refractivity contribution in [3.05, 3.63) is 87.7 Å². The highest BCUT2D eigenvalue weighted by molar-refractivity contribution is 7.92. The van der Waals surface area contributed by atoms with Crippen molar-refractivity contribution in [2.45, 2.75) is 31.6 Å². The highest BCUT2D eigenvalue weighted by atomic mass is 32.2. The molecule has 4 aromatic rings. The van der Waals surface area contributed by atoms with Crippen molar-refractivity contribution in [2.75, 3.05) is 17.3 Å². The van der Waals surface area contributed by atoms with Crippen LogP contribution in [0.2, 0.25) is 0 Å². The summed E-state index contributed by atoms with van der Waals surface area (Å²) < 4.78 is 38.8. The van der Waals surface area contributed by atoms with E-state index in [1.165, 1.54) is 25.3 Å². The third-order valence-electron chi connectivity index (χ3n) is 6.17. The number of aryl methyl sites for hydroxylation is 2. The van der Waals surface area contributed by atoms with Crippen LogP contribution in [0.4, 0.5) is 17.1 Å². The fraction of sp³-hybridized carbons (Fsp3) is 0.185. The van der Waals surface area contributed by atoms with Gasteiger partial charge >= 0.3 is 5.97 Å². The number of carboxylic acids is 1. The van der Waals surface area contributed by atoms with Gasteiger partial charge in [0.1, 0.15) is 17.0 Å². The molecule has 0 bridgehead atoms. The van der Waals surface area contributed by atoms with Crippen LogP contribution >= 0.6 is 0 Å². The van der Waals surface area contributed by atoms with E-state index in [9.17, 15) is 28.4 Å². The first-order valence-electron chi connectivity index (χ1n) is 12.0. The summed E-state index contributed by atoms with van der Waals surface area (Å²) in [7, 11) is -2.75. The molecule has 0 atom stereocenters. The van der Waals surface area contributed by atoms with Crippen LogP contribution in [0, 0.1) is 17.0 Å². The maximum Gasteiger partial charge on any atom is 0.372 e. The van der Waals surface area contributed by atoms with Gasteiger partial charge in [0, 0.05) is 22.7 Å². The number of nitro benzene ring substituents is 1. The van der Waals surface area contributed by atoms with Gasteiger partial charge in [0.15, 0.2) is 0 Å². The molecule has 0 aliphatic carbocycles. The fourth-order valence-corrected chi connectivity index (χ4v) is 5.11. The van der Waals surface area contributed by atoms with Crippen LogP contribution < -0.4 is 14.9 Å². The summed E-state index contributed by atoms with van der Waals surface area (Å²) >= 11 is 0. The molecular weight excluding hydrogens is 540 g/mol. The van der Waals surface area contributed by atoms with E-state index in [4.69, 9.17) is 9.15 Å². The highest BCUT2D eigenvalue weighted by Gasteiger charge is 2.23. The first-order valence-corrected chi connectivity index (χ1v) is 13.5. The average molecular weight is 567 g/mol. The van der Waals surface area contributed by atoms with Gasteiger partial charge in [-0.2, -0.15) is 5.10 Å². The molecule has 0 amide bonds. The lowest BCUT2D eigenvalue weighted by molar-refractivity contribution is -0.384. The normalized spacial score (nSPS) is 11.8. The van der Waals surface area contributed by atoms with E-state index < -0.39 is 26.6 Å². The monoisotopic (exact) mass is 566 g/mol. The lowest BCUT2D eigenvalue weighted by Crippen LogP contribution is -2.14. The second-order valence-electron chi connectivity index (χ2n) is 8.89. The molecule has 1 aromatic heterocycles. The molecule has 0 aliphatic rings. The van der Waals surface area contributed by atoms with Gasteiger partial charge in [-0.3, -0.25) is 20.3 Å².